The van der Waals surface area contributed by atoms with Crippen molar-refractivity contribution in [2.75, 3.05) is 13.1 Å². The van der Waals surface area contributed by atoms with Gasteiger partial charge < -0.3 is 15.0 Å². The fraction of sp³-hybridized carbons (Fsp3) is 0.714. The highest BCUT2D eigenvalue weighted by Gasteiger charge is 2.30. The van der Waals surface area contributed by atoms with Gasteiger partial charge in [0.15, 0.2) is 0 Å². The molecular formula is C14H23N3O2S. The van der Waals surface area contributed by atoms with Crippen molar-refractivity contribution in [1.82, 2.24) is 15.2 Å². The Morgan fingerprint density at radius 2 is 2.35 bits per heavy atom. The lowest BCUT2D eigenvalue weighted by Crippen LogP contribution is -2.38. The van der Waals surface area contributed by atoms with Crippen LogP contribution in [0.25, 0.3) is 0 Å². The molecule has 0 aromatic carbocycles. The van der Waals surface area contributed by atoms with Gasteiger partial charge in [0.05, 0.1) is 6.04 Å². The van der Waals surface area contributed by atoms with E-state index in [-0.39, 0.29) is 12.1 Å². The van der Waals surface area contributed by atoms with E-state index in [4.69, 9.17) is 4.74 Å². The molecule has 0 saturated carbocycles. The molecule has 2 rings (SSSR count). The van der Waals surface area contributed by atoms with E-state index in [0.717, 1.165) is 18.0 Å². The van der Waals surface area contributed by atoms with E-state index in [1.54, 1.807) is 16.2 Å². The molecule has 2 unspecified atom stereocenters. The van der Waals surface area contributed by atoms with Gasteiger partial charge in [-0.05, 0) is 34.1 Å². The molecule has 0 radical (unpaired) electrons. The van der Waals surface area contributed by atoms with Crippen LogP contribution in [0.5, 0.6) is 0 Å². The zero-order valence-corrected chi connectivity index (χ0v) is 13.4. The Morgan fingerprint density at radius 3 is 2.95 bits per heavy atom. The van der Waals surface area contributed by atoms with Crippen LogP contribution < -0.4 is 5.32 Å². The summed E-state index contributed by atoms with van der Waals surface area (Å²) in [7, 11) is 0. The number of rotatable bonds is 3. The van der Waals surface area contributed by atoms with Crippen molar-refractivity contribution in [1.29, 1.82) is 0 Å². The molecule has 2 atom stereocenters. The molecule has 0 bridgehead atoms. The number of likely N-dealkylation sites (tertiary alicyclic amines) is 1. The van der Waals surface area contributed by atoms with Crippen LogP contribution >= 0.6 is 11.3 Å². The summed E-state index contributed by atoms with van der Waals surface area (Å²) >= 11 is 1.65. The minimum Gasteiger partial charge on any atom is -0.444 e. The first kappa shape index (κ1) is 15.3. The maximum Gasteiger partial charge on any atom is 0.410 e. The Morgan fingerprint density at radius 1 is 1.60 bits per heavy atom. The summed E-state index contributed by atoms with van der Waals surface area (Å²) in [5.74, 6) is 0. The molecular weight excluding hydrogens is 274 g/mol. The summed E-state index contributed by atoms with van der Waals surface area (Å²) in [4.78, 5) is 18.1. The lowest BCUT2D eigenvalue weighted by Gasteiger charge is -2.24. The van der Waals surface area contributed by atoms with E-state index in [1.165, 1.54) is 0 Å². The third-order valence-electron chi connectivity index (χ3n) is 3.15. The van der Waals surface area contributed by atoms with Crippen molar-refractivity contribution in [3.05, 3.63) is 16.6 Å². The van der Waals surface area contributed by atoms with Gasteiger partial charge in [-0.25, -0.2) is 9.78 Å². The summed E-state index contributed by atoms with van der Waals surface area (Å²) in [5.41, 5.74) is -0.434. The van der Waals surface area contributed by atoms with Crippen molar-refractivity contribution in [3.63, 3.8) is 0 Å². The van der Waals surface area contributed by atoms with Crippen LogP contribution in [-0.4, -0.2) is 40.7 Å². The lowest BCUT2D eigenvalue weighted by atomic mass is 10.2. The van der Waals surface area contributed by atoms with E-state index in [0.29, 0.717) is 12.6 Å². The Balaban J connectivity index is 1.82. The average Bonchev–Trinajstić information content (AvgIpc) is 2.97. The molecule has 1 N–H and O–H groups in total. The van der Waals surface area contributed by atoms with Gasteiger partial charge in [-0.15, -0.1) is 11.3 Å². The van der Waals surface area contributed by atoms with Gasteiger partial charge in [-0.3, -0.25) is 0 Å². The van der Waals surface area contributed by atoms with E-state index < -0.39 is 5.60 Å². The first-order valence-electron chi connectivity index (χ1n) is 6.98. The highest BCUT2D eigenvalue weighted by molar-refractivity contribution is 7.09. The molecule has 1 amide bonds. The fourth-order valence-electron chi connectivity index (χ4n) is 2.26. The monoisotopic (exact) mass is 297 g/mol. The molecule has 1 aliphatic heterocycles. The minimum absolute atomic E-state index is 0.219. The Kier molecular flexibility index (Phi) is 4.65. The van der Waals surface area contributed by atoms with E-state index >= 15 is 0 Å². The third-order valence-corrected chi connectivity index (χ3v) is 4.11. The predicted molar refractivity (Wildman–Crippen MR) is 79.9 cm³/mol. The summed E-state index contributed by atoms with van der Waals surface area (Å²) in [6, 6.07) is 0.528. The Bertz CT molecular complexity index is 442. The second-order valence-electron chi connectivity index (χ2n) is 6.17. The maximum atomic E-state index is 12.0. The number of aromatic nitrogens is 1. The molecule has 112 valence electrons. The fourth-order valence-corrected chi connectivity index (χ4v) is 2.92. The van der Waals surface area contributed by atoms with Crippen molar-refractivity contribution in [2.45, 2.75) is 51.8 Å². The first-order chi connectivity index (χ1) is 9.35. The highest BCUT2D eigenvalue weighted by atomic mass is 32.1. The average molecular weight is 297 g/mol. The van der Waals surface area contributed by atoms with Crippen LogP contribution in [0.1, 0.15) is 45.2 Å². The van der Waals surface area contributed by atoms with Crippen molar-refractivity contribution >= 4 is 17.4 Å². The summed E-state index contributed by atoms with van der Waals surface area (Å²) in [5, 5.41) is 6.59. The van der Waals surface area contributed by atoms with Crippen LogP contribution in [-0.2, 0) is 4.74 Å². The summed E-state index contributed by atoms with van der Waals surface area (Å²) in [6.07, 6.45) is 2.55. The van der Waals surface area contributed by atoms with Crippen molar-refractivity contribution < 1.29 is 9.53 Å². The smallest absolute Gasteiger partial charge is 0.410 e. The normalized spacial score (nSPS) is 21.0. The Labute approximate surface area is 124 Å². The number of ether oxygens (including phenoxy) is 1. The molecule has 6 heteroatoms. The first-order valence-corrected chi connectivity index (χ1v) is 7.86. The van der Waals surface area contributed by atoms with Crippen LogP contribution in [0.3, 0.4) is 0 Å². The molecule has 1 aromatic heterocycles. The number of hydrogen-bond donors (Lipinski definition) is 1. The molecule has 5 nitrogen and oxygen atoms in total. The van der Waals surface area contributed by atoms with Gasteiger partial charge in [0, 0.05) is 30.7 Å². The number of carbonyl (C=O) groups excluding carboxylic acids is 1. The van der Waals surface area contributed by atoms with E-state index in [1.807, 2.05) is 32.3 Å². The maximum absolute atomic E-state index is 12.0. The number of carbonyl (C=O) groups is 1. The van der Waals surface area contributed by atoms with Gasteiger partial charge in [0.1, 0.15) is 10.6 Å². The second-order valence-corrected chi connectivity index (χ2v) is 7.10. The molecule has 1 fully saturated rings. The zero-order valence-electron chi connectivity index (χ0n) is 12.5. The van der Waals surface area contributed by atoms with Gasteiger partial charge >= 0.3 is 6.09 Å². The molecule has 1 saturated heterocycles. The van der Waals surface area contributed by atoms with Crippen LogP contribution in [0.4, 0.5) is 4.79 Å². The van der Waals surface area contributed by atoms with Gasteiger partial charge in [0.25, 0.3) is 0 Å². The van der Waals surface area contributed by atoms with Gasteiger partial charge in [-0.1, -0.05) is 0 Å². The van der Waals surface area contributed by atoms with E-state index in [2.05, 4.69) is 17.2 Å². The van der Waals surface area contributed by atoms with Crippen molar-refractivity contribution in [2.24, 2.45) is 0 Å². The molecule has 2 heterocycles. The SMILES string of the molecule is CC(NC1CCN(C(=O)OC(C)(C)C)C1)c1nccs1. The molecule has 20 heavy (non-hydrogen) atoms. The molecule has 1 aromatic rings. The predicted octanol–water partition coefficient (Wildman–Crippen LogP) is 2.80. The number of thiazole rings is 1. The topological polar surface area (TPSA) is 54.5 Å². The Hall–Kier alpha value is -1.14. The third kappa shape index (κ3) is 4.18. The van der Waals surface area contributed by atoms with Crippen LogP contribution in [0, 0.1) is 0 Å². The van der Waals surface area contributed by atoms with Crippen LogP contribution in [0.15, 0.2) is 11.6 Å². The minimum atomic E-state index is -0.434. The van der Waals surface area contributed by atoms with E-state index in [9.17, 15) is 4.79 Å². The number of nitrogens with zero attached hydrogens (tertiary/aromatic N) is 2. The van der Waals surface area contributed by atoms with Gasteiger partial charge in [-0.2, -0.15) is 0 Å². The highest BCUT2D eigenvalue weighted by Crippen LogP contribution is 2.20. The largest absolute Gasteiger partial charge is 0.444 e. The molecule has 0 aliphatic carbocycles. The molecule has 0 spiro atoms. The van der Waals surface area contributed by atoms with Crippen molar-refractivity contribution in [3.8, 4) is 0 Å². The van der Waals surface area contributed by atoms with Gasteiger partial charge in [0.2, 0.25) is 0 Å². The number of amides is 1. The quantitative estimate of drug-likeness (QED) is 0.932. The van der Waals surface area contributed by atoms with Crippen LogP contribution in [0.2, 0.25) is 0 Å². The number of hydrogen-bond acceptors (Lipinski definition) is 5. The standard InChI is InChI=1S/C14H23N3O2S/c1-10(12-15-6-8-20-12)16-11-5-7-17(9-11)13(18)19-14(2,3)4/h6,8,10-11,16H,5,7,9H2,1-4H3. The summed E-state index contributed by atoms with van der Waals surface area (Å²) < 4.78 is 5.40. The molecule has 1 aliphatic rings. The second kappa shape index (κ2) is 6.10. The zero-order chi connectivity index (χ0) is 14.8. The number of nitrogens with one attached hydrogen (secondary N) is 1. The lowest BCUT2D eigenvalue weighted by molar-refractivity contribution is 0.0290. The summed E-state index contributed by atoms with van der Waals surface area (Å²) in [6.45, 7) is 9.22.